The van der Waals surface area contributed by atoms with Crippen molar-refractivity contribution >= 4 is 23.5 Å². The maximum atomic E-state index is 13.1. The molecule has 0 N–H and O–H groups in total. The van der Waals surface area contributed by atoms with Gasteiger partial charge in [0.25, 0.3) is 0 Å². The molecule has 1 aliphatic rings. The number of halogens is 3. The molecular weight excluding hydrogens is 343 g/mol. The largest absolute Gasteiger partial charge is 0.471 e. The number of carbonyl (C=O) groups is 3. The van der Waals surface area contributed by atoms with Crippen LogP contribution >= 0.6 is 0 Å². The van der Waals surface area contributed by atoms with Crippen molar-refractivity contribution in [1.29, 1.82) is 0 Å². The Morgan fingerprint density at radius 3 is 2.08 bits per heavy atom. The molecule has 0 saturated heterocycles. The summed E-state index contributed by atoms with van der Waals surface area (Å²) in [7, 11) is 0. The number of amides is 1. The summed E-state index contributed by atoms with van der Waals surface area (Å²) >= 11 is 0. The fraction of sp³-hybridized carbons (Fsp3) is 0.438. The molecule has 0 unspecified atom stereocenters. The normalized spacial score (nSPS) is 15.5. The van der Waals surface area contributed by atoms with Gasteiger partial charge in [0.2, 0.25) is 5.54 Å². The van der Waals surface area contributed by atoms with Crippen molar-refractivity contribution in [3.63, 3.8) is 0 Å². The standard InChI is InChI=1S/C16H16F3NO5/c1-3-24-13(22)15(14(23)25-4-2)9-10-7-5-6-8-11(10)20(15)12(21)16(17,18)19/h5-8H,3-4,9H2,1-2H3. The third kappa shape index (κ3) is 3.06. The second kappa shape index (κ2) is 6.73. The fourth-order valence-electron chi connectivity index (χ4n) is 2.76. The van der Waals surface area contributed by atoms with Gasteiger partial charge >= 0.3 is 24.0 Å². The predicted octanol–water partition coefficient (Wildman–Crippen LogP) is 2.00. The Morgan fingerprint density at radius 2 is 1.60 bits per heavy atom. The van der Waals surface area contributed by atoms with E-state index in [1.54, 1.807) is 0 Å². The average molecular weight is 359 g/mol. The summed E-state index contributed by atoms with van der Waals surface area (Å²) in [6.45, 7) is 2.53. The van der Waals surface area contributed by atoms with E-state index >= 15 is 0 Å². The number of hydrogen-bond donors (Lipinski definition) is 0. The zero-order valence-electron chi connectivity index (χ0n) is 13.6. The molecule has 1 heterocycles. The molecule has 1 aromatic carbocycles. The first-order valence-corrected chi connectivity index (χ1v) is 7.53. The molecular formula is C16H16F3NO5. The minimum Gasteiger partial charge on any atom is -0.464 e. The van der Waals surface area contributed by atoms with Crippen LogP contribution in [0.2, 0.25) is 0 Å². The highest BCUT2D eigenvalue weighted by Gasteiger charge is 2.64. The van der Waals surface area contributed by atoms with Crippen molar-refractivity contribution in [2.24, 2.45) is 0 Å². The SMILES string of the molecule is CCOC(=O)C1(C(=O)OCC)Cc2ccccc2N1C(=O)C(F)(F)F. The third-order valence-corrected chi connectivity index (χ3v) is 3.73. The van der Waals surface area contributed by atoms with E-state index in [2.05, 4.69) is 0 Å². The lowest BCUT2D eigenvalue weighted by atomic mass is 9.93. The molecule has 6 nitrogen and oxygen atoms in total. The monoisotopic (exact) mass is 359 g/mol. The van der Waals surface area contributed by atoms with Crippen LogP contribution in [0.15, 0.2) is 24.3 Å². The van der Waals surface area contributed by atoms with Gasteiger partial charge in [0.15, 0.2) is 0 Å². The van der Waals surface area contributed by atoms with Gasteiger partial charge in [-0.25, -0.2) is 9.59 Å². The van der Waals surface area contributed by atoms with Crippen molar-refractivity contribution in [2.45, 2.75) is 32.0 Å². The van der Waals surface area contributed by atoms with Crippen LogP contribution in [0.25, 0.3) is 0 Å². The van der Waals surface area contributed by atoms with E-state index in [9.17, 15) is 27.6 Å². The van der Waals surface area contributed by atoms with E-state index in [1.165, 1.54) is 38.1 Å². The number of ether oxygens (including phenoxy) is 2. The Bertz CT molecular complexity index is 683. The van der Waals surface area contributed by atoms with Gasteiger partial charge in [-0.15, -0.1) is 0 Å². The molecule has 9 heteroatoms. The van der Waals surface area contributed by atoms with Crippen LogP contribution in [-0.2, 0) is 30.3 Å². The van der Waals surface area contributed by atoms with Crippen LogP contribution in [0.3, 0.4) is 0 Å². The maximum Gasteiger partial charge on any atom is 0.471 e. The molecule has 1 amide bonds. The van der Waals surface area contributed by atoms with Gasteiger partial charge in [-0.1, -0.05) is 18.2 Å². The van der Waals surface area contributed by atoms with E-state index < -0.39 is 36.0 Å². The van der Waals surface area contributed by atoms with Crippen LogP contribution in [0, 0.1) is 0 Å². The molecule has 0 radical (unpaired) electrons. The first-order valence-electron chi connectivity index (χ1n) is 7.53. The quantitative estimate of drug-likeness (QED) is 0.607. The number of fused-ring (bicyclic) bond motifs is 1. The first-order chi connectivity index (χ1) is 11.7. The van der Waals surface area contributed by atoms with E-state index in [0.717, 1.165) is 0 Å². The van der Waals surface area contributed by atoms with Crippen molar-refractivity contribution < 1.29 is 37.0 Å². The summed E-state index contributed by atoms with van der Waals surface area (Å²) in [5.41, 5.74) is -2.48. The van der Waals surface area contributed by atoms with Crippen molar-refractivity contribution in [3.8, 4) is 0 Å². The highest BCUT2D eigenvalue weighted by Crippen LogP contribution is 2.43. The van der Waals surface area contributed by atoms with Gasteiger partial charge in [0.1, 0.15) is 0 Å². The Balaban J connectivity index is 2.69. The lowest BCUT2D eigenvalue weighted by molar-refractivity contribution is -0.177. The van der Waals surface area contributed by atoms with Crippen LogP contribution in [0.4, 0.5) is 18.9 Å². The third-order valence-electron chi connectivity index (χ3n) is 3.73. The number of nitrogens with zero attached hydrogens (tertiary/aromatic N) is 1. The molecule has 0 spiro atoms. The van der Waals surface area contributed by atoms with Gasteiger partial charge < -0.3 is 9.47 Å². The number of carbonyl (C=O) groups excluding carboxylic acids is 3. The summed E-state index contributed by atoms with van der Waals surface area (Å²) < 4.78 is 49.1. The Labute approximate surface area is 141 Å². The zero-order chi connectivity index (χ0) is 18.8. The van der Waals surface area contributed by atoms with Crippen LogP contribution in [0.5, 0.6) is 0 Å². The highest BCUT2D eigenvalue weighted by molar-refractivity contribution is 6.18. The molecule has 0 aliphatic carbocycles. The summed E-state index contributed by atoms with van der Waals surface area (Å²) in [5.74, 6) is -4.86. The average Bonchev–Trinajstić information content (AvgIpc) is 2.89. The Hall–Kier alpha value is -2.58. The number of rotatable bonds is 4. The lowest BCUT2D eigenvalue weighted by Gasteiger charge is -2.34. The number of anilines is 1. The molecule has 0 bridgehead atoms. The minimum absolute atomic E-state index is 0.151. The van der Waals surface area contributed by atoms with Gasteiger partial charge in [-0.05, 0) is 25.5 Å². The zero-order valence-corrected chi connectivity index (χ0v) is 13.6. The van der Waals surface area contributed by atoms with E-state index in [4.69, 9.17) is 9.47 Å². The topological polar surface area (TPSA) is 72.9 Å². The molecule has 136 valence electrons. The van der Waals surface area contributed by atoms with Gasteiger partial charge in [0, 0.05) is 12.1 Å². The number of alkyl halides is 3. The number of hydrogen-bond acceptors (Lipinski definition) is 5. The molecule has 0 fully saturated rings. The smallest absolute Gasteiger partial charge is 0.464 e. The van der Waals surface area contributed by atoms with E-state index in [-0.39, 0.29) is 29.4 Å². The molecule has 1 aromatic rings. The van der Waals surface area contributed by atoms with Crippen molar-refractivity contribution in [3.05, 3.63) is 29.8 Å². The molecule has 25 heavy (non-hydrogen) atoms. The summed E-state index contributed by atoms with van der Waals surface area (Å²) in [5, 5.41) is 0. The Morgan fingerprint density at radius 1 is 1.08 bits per heavy atom. The van der Waals surface area contributed by atoms with Crippen molar-refractivity contribution in [1.82, 2.24) is 0 Å². The molecule has 1 aliphatic heterocycles. The first kappa shape index (κ1) is 18.8. The summed E-state index contributed by atoms with van der Waals surface area (Å²) in [4.78, 5) is 37.2. The van der Waals surface area contributed by atoms with Crippen LogP contribution in [-0.4, -0.2) is 42.8 Å². The van der Waals surface area contributed by atoms with E-state index in [1.807, 2.05) is 0 Å². The van der Waals surface area contributed by atoms with E-state index in [0.29, 0.717) is 0 Å². The van der Waals surface area contributed by atoms with Gasteiger partial charge in [-0.3, -0.25) is 9.69 Å². The van der Waals surface area contributed by atoms with Gasteiger partial charge in [0.05, 0.1) is 13.2 Å². The molecule has 0 saturated carbocycles. The van der Waals surface area contributed by atoms with Crippen LogP contribution < -0.4 is 4.90 Å². The van der Waals surface area contributed by atoms with Crippen molar-refractivity contribution in [2.75, 3.05) is 18.1 Å². The lowest BCUT2D eigenvalue weighted by Crippen LogP contribution is -2.64. The minimum atomic E-state index is -5.29. The summed E-state index contributed by atoms with van der Waals surface area (Å²) in [6.07, 6.45) is -5.75. The number of benzene rings is 1. The Kier molecular flexibility index (Phi) is 5.05. The maximum absolute atomic E-state index is 13.1. The number of esters is 2. The molecule has 0 atom stereocenters. The van der Waals surface area contributed by atoms with Crippen LogP contribution in [0.1, 0.15) is 19.4 Å². The fourth-order valence-corrected chi connectivity index (χ4v) is 2.76. The predicted molar refractivity (Wildman–Crippen MR) is 79.7 cm³/mol. The molecule has 0 aromatic heterocycles. The second-order valence-electron chi connectivity index (χ2n) is 5.25. The summed E-state index contributed by atoms with van der Waals surface area (Å²) in [6, 6.07) is 5.61. The number of para-hydroxylation sites is 1. The van der Waals surface area contributed by atoms with Gasteiger partial charge in [-0.2, -0.15) is 13.2 Å². The highest BCUT2D eigenvalue weighted by atomic mass is 19.4. The second-order valence-corrected chi connectivity index (χ2v) is 5.25. The molecule has 2 rings (SSSR count).